The molecule has 2 aromatic carbocycles. The number of hydrogen-bond acceptors (Lipinski definition) is 3. The second-order valence-electron chi connectivity index (χ2n) is 12.0. The fraction of sp³-hybridized carbons (Fsp3) is 0.576. The predicted molar refractivity (Wildman–Crippen MR) is 146 cm³/mol. The molecule has 0 N–H and O–H groups in total. The largest absolute Gasteiger partial charge is 0.432 e. The lowest BCUT2D eigenvalue weighted by Crippen LogP contribution is -2.37. The van der Waals surface area contributed by atoms with Gasteiger partial charge in [-0.05, 0) is 87.2 Å². The molecular formula is C33H38F6O3. The zero-order chi connectivity index (χ0) is 29.9. The summed E-state index contributed by atoms with van der Waals surface area (Å²) in [6.45, 7) is 3.30. The standard InChI is InChI=1S/C33H38F6O3/c1-2-3-4-20-5-7-21(8-6-20)24-18-40-32(41-19-24)23-11-14-27(28(34)15-23)22-9-12-25(13-10-22)33(38,39)42-26-16-29(35)31(37)30(36)17-26/h3-4,11,14-17,20-22,24-25,32H,2,5-10,12-13,18-19H2,1H3/b4-3+. The van der Waals surface area contributed by atoms with E-state index in [1.807, 2.05) is 0 Å². The van der Waals surface area contributed by atoms with Crippen LogP contribution in [0.15, 0.2) is 42.5 Å². The van der Waals surface area contributed by atoms with Gasteiger partial charge in [-0.2, -0.15) is 8.78 Å². The highest BCUT2D eigenvalue weighted by atomic mass is 19.3. The molecule has 0 aromatic heterocycles. The van der Waals surface area contributed by atoms with E-state index >= 15 is 4.39 Å². The molecule has 3 fully saturated rings. The second-order valence-corrected chi connectivity index (χ2v) is 12.0. The molecule has 1 saturated heterocycles. The van der Waals surface area contributed by atoms with Crippen LogP contribution in [0.25, 0.3) is 0 Å². The molecule has 0 spiro atoms. The van der Waals surface area contributed by atoms with Gasteiger partial charge in [-0.1, -0.05) is 31.2 Å². The Balaban J connectivity index is 1.11. The van der Waals surface area contributed by atoms with Crippen molar-refractivity contribution in [1.82, 2.24) is 0 Å². The van der Waals surface area contributed by atoms with Gasteiger partial charge in [0, 0.05) is 23.6 Å². The minimum atomic E-state index is -3.72. The van der Waals surface area contributed by atoms with Crippen molar-refractivity contribution in [3.05, 3.63) is 76.9 Å². The third kappa shape index (κ3) is 7.16. The highest BCUT2D eigenvalue weighted by Crippen LogP contribution is 2.44. The maximum Gasteiger partial charge on any atom is 0.400 e. The van der Waals surface area contributed by atoms with Gasteiger partial charge in [0.05, 0.1) is 19.1 Å². The van der Waals surface area contributed by atoms with Crippen molar-refractivity contribution in [3.8, 4) is 5.75 Å². The lowest BCUT2D eigenvalue weighted by molar-refractivity contribution is -0.222. The molecule has 2 aliphatic carbocycles. The van der Waals surface area contributed by atoms with Crippen molar-refractivity contribution in [2.24, 2.45) is 23.7 Å². The molecule has 1 aliphatic heterocycles. The summed E-state index contributed by atoms with van der Waals surface area (Å²) in [5.41, 5.74) is 1.04. The lowest BCUT2D eigenvalue weighted by atomic mass is 9.76. The first-order valence-electron chi connectivity index (χ1n) is 15.0. The average molecular weight is 597 g/mol. The molecule has 3 nitrogen and oxygen atoms in total. The van der Waals surface area contributed by atoms with Gasteiger partial charge < -0.3 is 14.2 Å². The molecular weight excluding hydrogens is 558 g/mol. The van der Waals surface area contributed by atoms with E-state index in [4.69, 9.17) is 9.47 Å². The van der Waals surface area contributed by atoms with E-state index in [0.29, 0.717) is 67.1 Å². The zero-order valence-corrected chi connectivity index (χ0v) is 23.8. The van der Waals surface area contributed by atoms with E-state index in [2.05, 4.69) is 23.8 Å². The summed E-state index contributed by atoms with van der Waals surface area (Å²) in [5, 5.41) is 0. The number of allylic oxidation sites excluding steroid dienone is 2. The van der Waals surface area contributed by atoms with E-state index < -0.39 is 47.3 Å². The van der Waals surface area contributed by atoms with Crippen LogP contribution in [0.4, 0.5) is 26.3 Å². The third-order valence-electron chi connectivity index (χ3n) is 9.20. The number of hydrogen-bond donors (Lipinski definition) is 0. The van der Waals surface area contributed by atoms with Gasteiger partial charge in [0.2, 0.25) is 0 Å². The van der Waals surface area contributed by atoms with Crippen molar-refractivity contribution >= 4 is 0 Å². The number of benzene rings is 2. The quantitative estimate of drug-likeness (QED) is 0.173. The van der Waals surface area contributed by atoms with Crippen LogP contribution in [0.2, 0.25) is 0 Å². The summed E-state index contributed by atoms with van der Waals surface area (Å²) < 4.78 is 101. The molecule has 9 heteroatoms. The van der Waals surface area contributed by atoms with E-state index in [9.17, 15) is 22.0 Å². The van der Waals surface area contributed by atoms with Gasteiger partial charge in [0.25, 0.3) is 0 Å². The Morgan fingerprint density at radius 1 is 0.810 bits per heavy atom. The van der Waals surface area contributed by atoms with E-state index in [1.54, 1.807) is 12.1 Å². The van der Waals surface area contributed by atoms with Crippen LogP contribution in [0.1, 0.15) is 88.0 Å². The molecule has 0 atom stereocenters. The third-order valence-corrected chi connectivity index (χ3v) is 9.20. The van der Waals surface area contributed by atoms with Gasteiger partial charge in [-0.3, -0.25) is 0 Å². The molecule has 0 bridgehead atoms. The molecule has 0 radical (unpaired) electrons. The number of rotatable bonds is 8. The molecule has 0 unspecified atom stereocenters. The molecule has 0 amide bonds. The maximum atomic E-state index is 15.2. The van der Waals surface area contributed by atoms with E-state index in [1.165, 1.54) is 18.9 Å². The molecule has 2 aromatic rings. The molecule has 3 aliphatic rings. The molecule has 5 rings (SSSR count). The highest BCUT2D eigenvalue weighted by Gasteiger charge is 2.44. The van der Waals surface area contributed by atoms with Gasteiger partial charge in [-0.25, -0.2) is 17.6 Å². The van der Waals surface area contributed by atoms with Crippen LogP contribution >= 0.6 is 0 Å². The normalized spacial score (nSPS) is 29.1. The first kappa shape index (κ1) is 30.9. The molecule has 230 valence electrons. The Morgan fingerprint density at radius 2 is 1.45 bits per heavy atom. The van der Waals surface area contributed by atoms with Crippen LogP contribution < -0.4 is 4.74 Å². The maximum absolute atomic E-state index is 15.2. The monoisotopic (exact) mass is 596 g/mol. The van der Waals surface area contributed by atoms with Gasteiger partial charge in [0.1, 0.15) is 11.6 Å². The summed E-state index contributed by atoms with van der Waals surface area (Å²) in [6, 6.07) is 5.65. The summed E-state index contributed by atoms with van der Waals surface area (Å²) in [5.74, 6) is -6.09. The summed E-state index contributed by atoms with van der Waals surface area (Å²) in [7, 11) is 0. The van der Waals surface area contributed by atoms with Crippen LogP contribution in [-0.4, -0.2) is 19.3 Å². The first-order chi connectivity index (χ1) is 20.1. The first-order valence-corrected chi connectivity index (χ1v) is 15.0. The number of alkyl halides is 2. The Labute approximate surface area is 243 Å². The van der Waals surface area contributed by atoms with Crippen molar-refractivity contribution in [3.63, 3.8) is 0 Å². The van der Waals surface area contributed by atoms with Crippen molar-refractivity contribution < 1.29 is 40.6 Å². The Hall–Kier alpha value is -2.52. The fourth-order valence-corrected chi connectivity index (χ4v) is 6.71. The predicted octanol–water partition coefficient (Wildman–Crippen LogP) is 9.62. The average Bonchev–Trinajstić information content (AvgIpc) is 2.99. The highest BCUT2D eigenvalue weighted by molar-refractivity contribution is 5.29. The molecule has 2 saturated carbocycles. The minimum absolute atomic E-state index is 0.0259. The fourth-order valence-electron chi connectivity index (χ4n) is 6.71. The topological polar surface area (TPSA) is 27.7 Å². The smallest absolute Gasteiger partial charge is 0.400 e. The molecule has 1 heterocycles. The van der Waals surface area contributed by atoms with Gasteiger partial charge in [0.15, 0.2) is 23.7 Å². The van der Waals surface area contributed by atoms with Crippen molar-refractivity contribution in [2.45, 2.75) is 83.0 Å². The minimum Gasteiger partial charge on any atom is -0.432 e. The zero-order valence-electron chi connectivity index (χ0n) is 23.8. The Morgan fingerprint density at radius 3 is 2.05 bits per heavy atom. The van der Waals surface area contributed by atoms with Gasteiger partial charge in [-0.15, -0.1) is 0 Å². The lowest BCUT2D eigenvalue weighted by Gasteiger charge is -2.37. The number of ether oxygens (including phenoxy) is 3. The summed E-state index contributed by atoms with van der Waals surface area (Å²) in [4.78, 5) is 0. The summed E-state index contributed by atoms with van der Waals surface area (Å²) in [6.07, 6.45) is 6.64. The van der Waals surface area contributed by atoms with Crippen molar-refractivity contribution in [2.75, 3.05) is 13.2 Å². The van der Waals surface area contributed by atoms with Crippen LogP contribution in [0.3, 0.4) is 0 Å². The number of halogens is 6. The Kier molecular flexibility index (Phi) is 9.88. The van der Waals surface area contributed by atoms with E-state index in [-0.39, 0.29) is 18.8 Å². The Bertz CT molecular complexity index is 1200. The van der Waals surface area contributed by atoms with Crippen LogP contribution in [-0.2, 0) is 9.47 Å². The van der Waals surface area contributed by atoms with Crippen LogP contribution in [0.5, 0.6) is 5.75 Å². The molecule has 42 heavy (non-hydrogen) atoms. The van der Waals surface area contributed by atoms with E-state index in [0.717, 1.165) is 19.3 Å². The van der Waals surface area contributed by atoms with Crippen molar-refractivity contribution in [1.29, 1.82) is 0 Å². The second kappa shape index (κ2) is 13.4. The SMILES string of the molecule is CC/C=C/C1CCC(C2COC(c3ccc(C4CCC(C(F)(F)Oc5cc(F)c(F)c(F)c5)CC4)c(F)c3)OC2)CC1. The van der Waals surface area contributed by atoms with Crippen LogP contribution in [0, 0.1) is 46.9 Å². The van der Waals surface area contributed by atoms with Gasteiger partial charge >= 0.3 is 6.11 Å². The summed E-state index contributed by atoms with van der Waals surface area (Å²) >= 11 is 0.